The molecule has 0 saturated heterocycles. The van der Waals surface area contributed by atoms with E-state index in [0.717, 1.165) is 5.56 Å². The molecule has 0 aromatic heterocycles. The fraction of sp³-hybridized carbons (Fsp3) is 0.0476. The number of hydrogen-bond donors (Lipinski definition) is 1. The Kier molecular flexibility index (Phi) is 5.14. The van der Waals surface area contributed by atoms with Gasteiger partial charge in [-0.2, -0.15) is 0 Å². The summed E-state index contributed by atoms with van der Waals surface area (Å²) >= 11 is 5.86. The Labute approximate surface area is 155 Å². The summed E-state index contributed by atoms with van der Waals surface area (Å²) in [5.74, 6) is -1.21. The van der Waals surface area contributed by atoms with E-state index in [2.05, 4.69) is 5.32 Å². The lowest BCUT2D eigenvalue weighted by Gasteiger charge is -2.11. The molecule has 0 aliphatic carbocycles. The third kappa shape index (κ3) is 3.81. The average Bonchev–Trinajstić information content (AvgIpc) is 2.64. The lowest BCUT2D eigenvalue weighted by molar-refractivity contribution is 0.0996. The van der Waals surface area contributed by atoms with Crippen molar-refractivity contribution in [2.45, 2.75) is 6.92 Å². The number of nitrogens with one attached hydrogen (secondary N) is 1. The lowest BCUT2D eigenvalue weighted by Crippen LogP contribution is -2.17. The van der Waals surface area contributed by atoms with Gasteiger partial charge in [0, 0.05) is 21.8 Å². The minimum atomic E-state index is -0.475. The molecule has 3 aromatic rings. The van der Waals surface area contributed by atoms with E-state index < -0.39 is 11.7 Å². The Bertz CT molecular complexity index is 984. The normalized spacial score (nSPS) is 10.4. The second-order valence-corrected chi connectivity index (χ2v) is 6.23. The summed E-state index contributed by atoms with van der Waals surface area (Å²) in [6.07, 6.45) is 0. The van der Waals surface area contributed by atoms with Crippen molar-refractivity contribution in [1.29, 1.82) is 0 Å². The topological polar surface area (TPSA) is 46.2 Å². The molecule has 3 aromatic carbocycles. The second-order valence-electron chi connectivity index (χ2n) is 5.79. The van der Waals surface area contributed by atoms with Gasteiger partial charge in [0.15, 0.2) is 5.78 Å². The molecule has 0 aliphatic rings. The first-order valence-electron chi connectivity index (χ1n) is 7.92. The molecule has 0 saturated carbocycles. The van der Waals surface area contributed by atoms with Crippen molar-refractivity contribution in [3.05, 3.63) is 99.8 Å². The molecule has 3 nitrogen and oxygen atoms in total. The highest BCUT2D eigenvalue weighted by Crippen LogP contribution is 2.20. The van der Waals surface area contributed by atoms with Crippen LogP contribution in [0, 0.1) is 12.7 Å². The monoisotopic (exact) mass is 367 g/mol. The molecule has 0 fully saturated rings. The van der Waals surface area contributed by atoms with Crippen LogP contribution in [0.5, 0.6) is 0 Å². The first kappa shape index (κ1) is 17.8. The summed E-state index contributed by atoms with van der Waals surface area (Å²) < 4.78 is 13.4. The van der Waals surface area contributed by atoms with Crippen LogP contribution < -0.4 is 5.32 Å². The summed E-state index contributed by atoms with van der Waals surface area (Å²) in [6, 6.07) is 17.1. The maximum Gasteiger partial charge on any atom is 0.256 e. The first-order chi connectivity index (χ1) is 12.5. The van der Waals surface area contributed by atoms with E-state index in [9.17, 15) is 14.0 Å². The van der Waals surface area contributed by atoms with Gasteiger partial charge in [-0.15, -0.1) is 0 Å². The molecule has 0 bridgehead atoms. The predicted molar refractivity (Wildman–Crippen MR) is 100 cm³/mol. The summed E-state index contributed by atoms with van der Waals surface area (Å²) in [6.45, 7) is 1.76. The van der Waals surface area contributed by atoms with Crippen LogP contribution in [0.15, 0.2) is 66.7 Å². The fourth-order valence-corrected chi connectivity index (χ4v) is 2.68. The predicted octanol–water partition coefficient (Wildman–Crippen LogP) is 5.27. The maximum atomic E-state index is 13.4. The Balaban J connectivity index is 1.93. The molecule has 0 radical (unpaired) electrons. The Morgan fingerprint density at radius 3 is 2.27 bits per heavy atom. The van der Waals surface area contributed by atoms with Crippen LogP contribution in [0.25, 0.3) is 0 Å². The van der Waals surface area contributed by atoms with Crippen molar-refractivity contribution < 1.29 is 14.0 Å². The van der Waals surface area contributed by atoms with Crippen LogP contribution in [0.3, 0.4) is 0 Å². The van der Waals surface area contributed by atoms with Crippen molar-refractivity contribution >= 4 is 29.0 Å². The molecular formula is C21H15ClFNO2. The Morgan fingerprint density at radius 2 is 1.58 bits per heavy atom. The molecular weight excluding hydrogens is 353 g/mol. The minimum absolute atomic E-state index is 0.219. The van der Waals surface area contributed by atoms with Gasteiger partial charge in [-0.05, 0) is 55.0 Å². The molecule has 1 N–H and O–H groups in total. The highest BCUT2D eigenvalue weighted by Gasteiger charge is 2.18. The molecule has 1 amide bonds. The van der Waals surface area contributed by atoms with Gasteiger partial charge in [-0.3, -0.25) is 9.59 Å². The number of benzene rings is 3. The van der Waals surface area contributed by atoms with Crippen LogP contribution >= 0.6 is 11.6 Å². The second kappa shape index (κ2) is 7.50. The van der Waals surface area contributed by atoms with E-state index in [4.69, 9.17) is 11.6 Å². The van der Waals surface area contributed by atoms with Gasteiger partial charge in [0.1, 0.15) is 5.82 Å². The van der Waals surface area contributed by atoms with Gasteiger partial charge in [0.05, 0.1) is 5.56 Å². The van der Waals surface area contributed by atoms with Crippen molar-refractivity contribution in [2.24, 2.45) is 0 Å². The average molecular weight is 368 g/mol. The number of aryl methyl sites for hydroxylation is 1. The van der Waals surface area contributed by atoms with Gasteiger partial charge in [0.2, 0.25) is 0 Å². The summed E-state index contributed by atoms with van der Waals surface area (Å²) in [4.78, 5) is 25.5. The summed E-state index contributed by atoms with van der Waals surface area (Å²) in [7, 11) is 0. The van der Waals surface area contributed by atoms with Crippen molar-refractivity contribution in [3.8, 4) is 0 Å². The van der Waals surface area contributed by atoms with Crippen molar-refractivity contribution in [2.75, 3.05) is 5.32 Å². The molecule has 0 heterocycles. The molecule has 0 unspecified atom stereocenters. The van der Waals surface area contributed by atoms with E-state index in [-0.39, 0.29) is 16.9 Å². The number of halogens is 2. The highest BCUT2D eigenvalue weighted by atomic mass is 35.5. The van der Waals surface area contributed by atoms with E-state index in [1.165, 1.54) is 12.1 Å². The summed E-state index contributed by atoms with van der Waals surface area (Å²) in [5.41, 5.74) is 2.00. The third-order valence-electron chi connectivity index (χ3n) is 3.97. The van der Waals surface area contributed by atoms with Crippen LogP contribution in [-0.4, -0.2) is 11.7 Å². The van der Waals surface area contributed by atoms with Crippen LogP contribution in [0.2, 0.25) is 5.02 Å². The SMILES string of the molecule is Cc1ccc(F)cc1NC(=O)c1ccccc1C(=O)c1ccc(Cl)cc1. The Hall–Kier alpha value is -2.98. The number of anilines is 1. The van der Waals surface area contributed by atoms with Crippen molar-refractivity contribution in [1.82, 2.24) is 0 Å². The van der Waals surface area contributed by atoms with E-state index in [1.54, 1.807) is 61.5 Å². The zero-order valence-electron chi connectivity index (χ0n) is 13.9. The molecule has 130 valence electrons. The first-order valence-corrected chi connectivity index (χ1v) is 8.30. The van der Waals surface area contributed by atoms with Gasteiger partial charge in [-0.25, -0.2) is 4.39 Å². The highest BCUT2D eigenvalue weighted by molar-refractivity contribution is 6.30. The number of rotatable bonds is 4. The number of hydrogen-bond acceptors (Lipinski definition) is 2. The van der Waals surface area contributed by atoms with Crippen molar-refractivity contribution in [3.63, 3.8) is 0 Å². The van der Waals surface area contributed by atoms with E-state index in [1.807, 2.05) is 0 Å². The molecule has 0 atom stereocenters. The fourth-order valence-electron chi connectivity index (χ4n) is 2.55. The van der Waals surface area contributed by atoms with E-state index in [0.29, 0.717) is 16.3 Å². The Morgan fingerprint density at radius 1 is 0.923 bits per heavy atom. The third-order valence-corrected chi connectivity index (χ3v) is 4.22. The largest absolute Gasteiger partial charge is 0.322 e. The zero-order valence-corrected chi connectivity index (χ0v) is 14.7. The van der Waals surface area contributed by atoms with Gasteiger partial charge >= 0.3 is 0 Å². The molecule has 0 aliphatic heterocycles. The molecule has 5 heteroatoms. The molecule has 26 heavy (non-hydrogen) atoms. The quantitative estimate of drug-likeness (QED) is 0.638. The van der Waals surface area contributed by atoms with Crippen LogP contribution in [-0.2, 0) is 0 Å². The summed E-state index contributed by atoms with van der Waals surface area (Å²) in [5, 5.41) is 3.19. The minimum Gasteiger partial charge on any atom is -0.322 e. The smallest absolute Gasteiger partial charge is 0.256 e. The maximum absolute atomic E-state index is 13.4. The van der Waals surface area contributed by atoms with Crippen LogP contribution in [0.1, 0.15) is 31.8 Å². The van der Waals surface area contributed by atoms with Crippen LogP contribution in [0.4, 0.5) is 10.1 Å². The van der Waals surface area contributed by atoms with E-state index >= 15 is 0 Å². The lowest BCUT2D eigenvalue weighted by atomic mass is 9.98. The van der Waals surface area contributed by atoms with Gasteiger partial charge in [-0.1, -0.05) is 35.9 Å². The number of carbonyl (C=O) groups is 2. The van der Waals surface area contributed by atoms with Gasteiger partial charge in [0.25, 0.3) is 5.91 Å². The standard InChI is InChI=1S/C21H15ClFNO2/c1-13-6-11-16(23)12-19(13)24-21(26)18-5-3-2-4-17(18)20(25)14-7-9-15(22)10-8-14/h2-12H,1H3,(H,24,26). The number of carbonyl (C=O) groups excluding carboxylic acids is 2. The zero-order chi connectivity index (χ0) is 18.7. The molecule has 3 rings (SSSR count). The molecule has 0 spiro atoms. The van der Waals surface area contributed by atoms with Gasteiger partial charge < -0.3 is 5.32 Å². The number of ketones is 1. The number of amides is 1.